The zero-order chi connectivity index (χ0) is 22.4. The second kappa shape index (κ2) is 8.33. The topological polar surface area (TPSA) is 107 Å². The Morgan fingerprint density at radius 1 is 1.03 bits per heavy atom. The average Bonchev–Trinajstić information content (AvgIpc) is 3.40. The Morgan fingerprint density at radius 2 is 1.84 bits per heavy atom. The van der Waals surface area contributed by atoms with Gasteiger partial charge < -0.3 is 19.7 Å². The van der Waals surface area contributed by atoms with Gasteiger partial charge >= 0.3 is 0 Å². The van der Waals surface area contributed by atoms with Crippen molar-refractivity contribution in [3.8, 4) is 0 Å². The molecule has 2 atom stereocenters. The standard InChI is InChI=1S/C23H31N5O4/c1-14(28-9-3-6-19(28)29)22(31)26-10-7-16(12-26)20-24-18-13-27(23(32)15-4-2-5-15)11-8-17(18)21(30)25-20/h14-16H,2-13H2,1H3,(H,24,25,30). The van der Waals surface area contributed by atoms with E-state index in [2.05, 4.69) is 4.98 Å². The van der Waals surface area contributed by atoms with E-state index < -0.39 is 6.04 Å². The van der Waals surface area contributed by atoms with Crippen molar-refractivity contribution in [3.63, 3.8) is 0 Å². The molecule has 3 amide bonds. The van der Waals surface area contributed by atoms with Crippen LogP contribution in [0.5, 0.6) is 0 Å². The predicted molar refractivity (Wildman–Crippen MR) is 116 cm³/mol. The van der Waals surface area contributed by atoms with Gasteiger partial charge in [-0.3, -0.25) is 19.2 Å². The maximum atomic E-state index is 13.0. The van der Waals surface area contributed by atoms with E-state index in [1.54, 1.807) is 16.7 Å². The summed E-state index contributed by atoms with van der Waals surface area (Å²) in [4.78, 5) is 63.4. The van der Waals surface area contributed by atoms with Gasteiger partial charge in [0, 0.05) is 50.0 Å². The van der Waals surface area contributed by atoms with E-state index in [-0.39, 0.29) is 35.1 Å². The molecule has 1 N–H and O–H groups in total. The molecule has 1 aromatic rings. The molecule has 0 aromatic carbocycles. The van der Waals surface area contributed by atoms with E-state index in [4.69, 9.17) is 4.98 Å². The number of nitrogens with zero attached hydrogens (tertiary/aromatic N) is 4. The number of aromatic nitrogens is 2. The van der Waals surface area contributed by atoms with Crippen LogP contribution in [0.25, 0.3) is 0 Å². The first-order valence-electron chi connectivity index (χ1n) is 11.9. The summed E-state index contributed by atoms with van der Waals surface area (Å²) in [5.41, 5.74) is 1.25. The molecule has 32 heavy (non-hydrogen) atoms. The summed E-state index contributed by atoms with van der Waals surface area (Å²) >= 11 is 0. The molecule has 1 saturated carbocycles. The van der Waals surface area contributed by atoms with Gasteiger partial charge in [0.15, 0.2) is 0 Å². The maximum absolute atomic E-state index is 13.0. The van der Waals surface area contributed by atoms with E-state index >= 15 is 0 Å². The van der Waals surface area contributed by atoms with Gasteiger partial charge in [-0.1, -0.05) is 6.42 Å². The molecule has 2 saturated heterocycles. The van der Waals surface area contributed by atoms with Gasteiger partial charge in [-0.2, -0.15) is 0 Å². The lowest BCUT2D eigenvalue weighted by Crippen LogP contribution is -2.47. The van der Waals surface area contributed by atoms with Gasteiger partial charge in [-0.25, -0.2) is 4.98 Å². The Hall–Kier alpha value is -2.71. The van der Waals surface area contributed by atoms with Crippen molar-refractivity contribution >= 4 is 17.7 Å². The van der Waals surface area contributed by atoms with Gasteiger partial charge in [0.1, 0.15) is 11.9 Å². The Balaban J connectivity index is 1.28. The highest BCUT2D eigenvalue weighted by Crippen LogP contribution is 2.31. The maximum Gasteiger partial charge on any atom is 0.254 e. The summed E-state index contributed by atoms with van der Waals surface area (Å²) in [5.74, 6) is 0.886. The zero-order valence-corrected chi connectivity index (χ0v) is 18.6. The number of amides is 3. The third kappa shape index (κ3) is 3.71. The number of H-pyrrole nitrogens is 1. The first kappa shape index (κ1) is 21.2. The van der Waals surface area contributed by atoms with E-state index in [1.165, 1.54) is 0 Å². The fourth-order valence-electron chi connectivity index (χ4n) is 5.41. The van der Waals surface area contributed by atoms with Crippen LogP contribution in [0.4, 0.5) is 0 Å². The molecule has 2 unspecified atom stereocenters. The number of hydrogen-bond donors (Lipinski definition) is 1. The van der Waals surface area contributed by atoms with E-state index in [9.17, 15) is 19.2 Å². The van der Waals surface area contributed by atoms with Crippen LogP contribution < -0.4 is 5.56 Å². The highest BCUT2D eigenvalue weighted by molar-refractivity contribution is 5.88. The molecule has 9 nitrogen and oxygen atoms in total. The Morgan fingerprint density at radius 3 is 2.53 bits per heavy atom. The van der Waals surface area contributed by atoms with Crippen molar-refractivity contribution in [1.29, 1.82) is 0 Å². The van der Waals surface area contributed by atoms with E-state index in [0.29, 0.717) is 62.6 Å². The second-order valence-electron chi connectivity index (χ2n) is 9.65. The summed E-state index contributed by atoms with van der Waals surface area (Å²) < 4.78 is 0. The number of carbonyl (C=O) groups is 3. The first-order chi connectivity index (χ1) is 15.4. The Bertz CT molecular complexity index is 1000. The van der Waals surface area contributed by atoms with Crippen molar-refractivity contribution in [2.24, 2.45) is 5.92 Å². The summed E-state index contributed by atoms with van der Waals surface area (Å²) in [6.07, 6.45) is 5.62. The van der Waals surface area contributed by atoms with Crippen LogP contribution in [0.1, 0.15) is 68.4 Å². The molecule has 9 heteroatoms. The van der Waals surface area contributed by atoms with Crippen LogP contribution >= 0.6 is 0 Å². The van der Waals surface area contributed by atoms with E-state index in [0.717, 1.165) is 32.1 Å². The molecule has 1 aromatic heterocycles. The van der Waals surface area contributed by atoms with Crippen molar-refractivity contribution in [2.75, 3.05) is 26.2 Å². The summed E-state index contributed by atoms with van der Waals surface area (Å²) in [6.45, 7) is 4.47. The Labute approximate surface area is 187 Å². The molecule has 172 valence electrons. The third-order valence-corrected chi connectivity index (χ3v) is 7.68. The van der Waals surface area contributed by atoms with Crippen molar-refractivity contribution in [3.05, 3.63) is 27.4 Å². The van der Waals surface area contributed by atoms with Gasteiger partial charge in [-0.05, 0) is 39.0 Å². The number of aromatic amines is 1. The smallest absolute Gasteiger partial charge is 0.254 e. The van der Waals surface area contributed by atoms with Gasteiger partial charge in [0.05, 0.1) is 12.2 Å². The van der Waals surface area contributed by atoms with Crippen LogP contribution in [0, 0.1) is 5.92 Å². The fraction of sp³-hybridized carbons (Fsp3) is 0.696. The molecule has 4 aliphatic rings. The average molecular weight is 442 g/mol. The molecule has 4 heterocycles. The monoisotopic (exact) mass is 441 g/mol. The lowest BCUT2D eigenvalue weighted by molar-refractivity contribution is -0.142. The SMILES string of the molecule is CC(C(=O)N1CCC(c2nc3c(c(=O)[nH]2)CCN(C(=O)C2CCC2)C3)C1)N1CCCC1=O. The lowest BCUT2D eigenvalue weighted by atomic mass is 9.84. The van der Waals surface area contributed by atoms with Gasteiger partial charge in [0.25, 0.3) is 5.56 Å². The molecular formula is C23H31N5O4. The number of rotatable bonds is 4. The van der Waals surface area contributed by atoms with Crippen LogP contribution in [0.3, 0.4) is 0 Å². The molecule has 3 aliphatic heterocycles. The molecule has 0 bridgehead atoms. The molecule has 5 rings (SSSR count). The summed E-state index contributed by atoms with van der Waals surface area (Å²) in [6, 6.07) is -0.453. The Kier molecular flexibility index (Phi) is 5.51. The minimum absolute atomic E-state index is 0.0414. The zero-order valence-electron chi connectivity index (χ0n) is 18.6. The minimum atomic E-state index is -0.453. The highest BCUT2D eigenvalue weighted by atomic mass is 16.2. The van der Waals surface area contributed by atoms with Crippen LogP contribution in [-0.2, 0) is 27.3 Å². The molecular weight excluding hydrogens is 410 g/mol. The third-order valence-electron chi connectivity index (χ3n) is 7.68. The number of nitrogens with one attached hydrogen (secondary N) is 1. The summed E-state index contributed by atoms with van der Waals surface area (Å²) in [5, 5.41) is 0. The van der Waals surface area contributed by atoms with Crippen molar-refractivity contribution in [2.45, 2.75) is 70.4 Å². The summed E-state index contributed by atoms with van der Waals surface area (Å²) in [7, 11) is 0. The number of carbonyl (C=O) groups excluding carboxylic acids is 3. The van der Waals surface area contributed by atoms with Gasteiger partial charge in [-0.15, -0.1) is 0 Å². The van der Waals surface area contributed by atoms with Crippen molar-refractivity contribution < 1.29 is 14.4 Å². The van der Waals surface area contributed by atoms with Crippen LogP contribution in [-0.4, -0.2) is 74.6 Å². The van der Waals surface area contributed by atoms with Crippen molar-refractivity contribution in [1.82, 2.24) is 24.7 Å². The van der Waals surface area contributed by atoms with E-state index in [1.807, 2.05) is 4.90 Å². The molecule has 1 aliphatic carbocycles. The lowest BCUT2D eigenvalue weighted by Gasteiger charge is -2.34. The minimum Gasteiger partial charge on any atom is -0.340 e. The predicted octanol–water partition coefficient (Wildman–Crippen LogP) is 0.782. The number of fused-ring (bicyclic) bond motifs is 1. The number of likely N-dealkylation sites (tertiary alicyclic amines) is 2. The largest absolute Gasteiger partial charge is 0.340 e. The second-order valence-corrected chi connectivity index (χ2v) is 9.65. The normalized spacial score (nSPS) is 24.5. The first-order valence-corrected chi connectivity index (χ1v) is 11.9. The van der Waals surface area contributed by atoms with Gasteiger partial charge in [0.2, 0.25) is 17.7 Å². The number of hydrogen-bond acceptors (Lipinski definition) is 5. The molecule has 0 radical (unpaired) electrons. The highest BCUT2D eigenvalue weighted by Gasteiger charge is 2.37. The molecule has 3 fully saturated rings. The quantitative estimate of drug-likeness (QED) is 0.743. The fourth-order valence-corrected chi connectivity index (χ4v) is 5.41. The van der Waals surface area contributed by atoms with Crippen LogP contribution in [0.15, 0.2) is 4.79 Å². The molecule has 0 spiro atoms. The van der Waals surface area contributed by atoms with Crippen LogP contribution in [0.2, 0.25) is 0 Å².